The predicted octanol–water partition coefficient (Wildman–Crippen LogP) is 3.16. The van der Waals surface area contributed by atoms with E-state index in [9.17, 15) is 14.9 Å². The molecule has 0 saturated heterocycles. The smallest absolute Gasteiger partial charge is 0.278 e. The highest BCUT2D eigenvalue weighted by molar-refractivity contribution is 5.88. The molecule has 0 aliphatic carbocycles. The number of aryl methyl sites for hydroxylation is 2. The van der Waals surface area contributed by atoms with Crippen LogP contribution in [0.3, 0.4) is 0 Å². The number of carbonyl (C=O) groups excluding carboxylic acids is 1. The topological polar surface area (TPSA) is 96.6 Å². The summed E-state index contributed by atoms with van der Waals surface area (Å²) in [5.41, 5.74) is 5.66. The van der Waals surface area contributed by atoms with E-state index in [1.165, 1.54) is 12.3 Å². The first-order valence-electron chi connectivity index (χ1n) is 7.79. The van der Waals surface area contributed by atoms with Crippen LogP contribution in [0.25, 0.3) is 0 Å². The van der Waals surface area contributed by atoms with E-state index in [2.05, 4.69) is 15.8 Å². The molecular formula is C18H20N4O3. The molecule has 1 amide bonds. The van der Waals surface area contributed by atoms with Crippen LogP contribution >= 0.6 is 0 Å². The van der Waals surface area contributed by atoms with E-state index >= 15 is 0 Å². The van der Waals surface area contributed by atoms with E-state index in [-0.39, 0.29) is 11.6 Å². The Morgan fingerprint density at radius 2 is 1.80 bits per heavy atom. The molecule has 25 heavy (non-hydrogen) atoms. The molecule has 0 spiro atoms. The van der Waals surface area contributed by atoms with Crippen molar-refractivity contribution in [1.29, 1.82) is 0 Å². The zero-order valence-corrected chi connectivity index (χ0v) is 14.3. The number of anilines is 1. The summed E-state index contributed by atoms with van der Waals surface area (Å²) in [7, 11) is 0. The molecule has 0 bridgehead atoms. The third-order valence-electron chi connectivity index (χ3n) is 3.75. The van der Waals surface area contributed by atoms with Gasteiger partial charge in [0.2, 0.25) is 0 Å². The average molecular weight is 340 g/mol. The van der Waals surface area contributed by atoms with Crippen molar-refractivity contribution in [3.05, 3.63) is 69.3 Å². The molecule has 2 aromatic carbocycles. The average Bonchev–Trinajstić information content (AvgIpc) is 2.58. The zero-order chi connectivity index (χ0) is 18.4. The summed E-state index contributed by atoms with van der Waals surface area (Å²) < 4.78 is 0. The first-order chi connectivity index (χ1) is 11.9. The lowest BCUT2D eigenvalue weighted by Crippen LogP contribution is -2.35. The number of benzene rings is 2. The van der Waals surface area contributed by atoms with Crippen LogP contribution in [-0.2, 0) is 4.79 Å². The Morgan fingerprint density at radius 1 is 1.16 bits per heavy atom. The number of hydrogen-bond acceptors (Lipinski definition) is 5. The van der Waals surface area contributed by atoms with Crippen LogP contribution in [0.1, 0.15) is 23.6 Å². The maximum atomic E-state index is 12.2. The van der Waals surface area contributed by atoms with Crippen LogP contribution in [0.5, 0.6) is 0 Å². The lowest BCUT2D eigenvalue weighted by molar-refractivity contribution is -0.385. The van der Waals surface area contributed by atoms with Crippen LogP contribution in [-0.4, -0.2) is 23.1 Å². The van der Waals surface area contributed by atoms with Gasteiger partial charge in [-0.15, -0.1) is 0 Å². The molecular weight excluding hydrogens is 320 g/mol. The molecule has 1 atom stereocenters. The molecule has 2 N–H and O–H groups in total. The standard InChI is InChI=1S/C18H20N4O3/c1-12-7-6-8-13(2)17(12)20-14(3)18(23)21-19-11-15-9-4-5-10-16(15)22(24)25/h4-11,14,20H,1-3H3,(H,21,23). The minimum absolute atomic E-state index is 0.0674. The van der Waals surface area contributed by atoms with Gasteiger partial charge in [0.15, 0.2) is 0 Å². The minimum Gasteiger partial charge on any atom is -0.373 e. The van der Waals surface area contributed by atoms with Crippen LogP contribution in [0.2, 0.25) is 0 Å². The summed E-state index contributed by atoms with van der Waals surface area (Å²) in [6.45, 7) is 5.65. The number of para-hydroxylation sites is 2. The highest BCUT2D eigenvalue weighted by atomic mass is 16.6. The number of carbonyl (C=O) groups is 1. The SMILES string of the molecule is Cc1cccc(C)c1NC(C)C(=O)NN=Cc1ccccc1[N+](=O)[O-]. The molecule has 2 aromatic rings. The lowest BCUT2D eigenvalue weighted by Gasteiger charge is -2.17. The van der Waals surface area contributed by atoms with Crippen molar-refractivity contribution in [2.75, 3.05) is 5.32 Å². The molecule has 0 radical (unpaired) electrons. The van der Waals surface area contributed by atoms with E-state index in [1.807, 2.05) is 32.0 Å². The van der Waals surface area contributed by atoms with Gasteiger partial charge in [-0.3, -0.25) is 14.9 Å². The molecule has 130 valence electrons. The summed E-state index contributed by atoms with van der Waals surface area (Å²) in [6, 6.07) is 11.6. The predicted molar refractivity (Wildman–Crippen MR) is 97.8 cm³/mol. The van der Waals surface area contributed by atoms with Gasteiger partial charge < -0.3 is 5.32 Å². The van der Waals surface area contributed by atoms with E-state index < -0.39 is 11.0 Å². The highest BCUT2D eigenvalue weighted by Crippen LogP contribution is 2.20. The Kier molecular flexibility index (Phi) is 5.84. The van der Waals surface area contributed by atoms with Crippen molar-refractivity contribution < 1.29 is 9.72 Å². The fourth-order valence-electron chi connectivity index (χ4n) is 2.35. The van der Waals surface area contributed by atoms with Gasteiger partial charge in [0.05, 0.1) is 16.7 Å². The van der Waals surface area contributed by atoms with Crippen molar-refractivity contribution in [3.8, 4) is 0 Å². The summed E-state index contributed by atoms with van der Waals surface area (Å²) in [5.74, 6) is -0.336. The monoisotopic (exact) mass is 340 g/mol. The van der Waals surface area contributed by atoms with E-state index in [1.54, 1.807) is 25.1 Å². The van der Waals surface area contributed by atoms with Crippen molar-refractivity contribution in [2.24, 2.45) is 5.10 Å². The third kappa shape index (κ3) is 4.63. The Bertz CT molecular complexity index is 797. The van der Waals surface area contributed by atoms with Crippen molar-refractivity contribution in [3.63, 3.8) is 0 Å². The van der Waals surface area contributed by atoms with E-state index in [0.717, 1.165) is 16.8 Å². The Hall–Kier alpha value is -3.22. The first kappa shape index (κ1) is 18.1. The maximum absolute atomic E-state index is 12.2. The summed E-state index contributed by atoms with van der Waals surface area (Å²) in [4.78, 5) is 22.6. The van der Waals surface area contributed by atoms with Gasteiger partial charge in [0, 0.05) is 11.8 Å². The first-order valence-corrected chi connectivity index (χ1v) is 7.79. The van der Waals surface area contributed by atoms with Gasteiger partial charge >= 0.3 is 0 Å². The number of amides is 1. The lowest BCUT2D eigenvalue weighted by atomic mass is 10.1. The summed E-state index contributed by atoms with van der Waals surface area (Å²) in [6.07, 6.45) is 1.27. The minimum atomic E-state index is -0.511. The molecule has 0 aliphatic heterocycles. The second kappa shape index (κ2) is 8.05. The number of hydrogen-bond donors (Lipinski definition) is 2. The molecule has 0 fully saturated rings. The molecule has 7 nitrogen and oxygen atoms in total. The number of nitrogens with one attached hydrogen (secondary N) is 2. The van der Waals surface area contributed by atoms with E-state index in [4.69, 9.17) is 0 Å². The number of hydrazone groups is 1. The molecule has 1 unspecified atom stereocenters. The maximum Gasteiger partial charge on any atom is 0.278 e. The number of nitro benzene ring substituents is 1. The Morgan fingerprint density at radius 3 is 2.44 bits per heavy atom. The van der Waals surface area contributed by atoms with Crippen molar-refractivity contribution in [2.45, 2.75) is 26.8 Å². The van der Waals surface area contributed by atoms with Crippen LogP contribution in [0.15, 0.2) is 47.6 Å². The normalized spacial score (nSPS) is 12.0. The van der Waals surface area contributed by atoms with E-state index in [0.29, 0.717) is 5.56 Å². The fourth-order valence-corrected chi connectivity index (χ4v) is 2.35. The van der Waals surface area contributed by atoms with Crippen LogP contribution in [0, 0.1) is 24.0 Å². The summed E-state index contributed by atoms with van der Waals surface area (Å²) in [5, 5.41) is 17.9. The van der Waals surface area contributed by atoms with Gasteiger partial charge in [-0.25, -0.2) is 5.43 Å². The molecule has 0 saturated carbocycles. The Labute approximate surface area is 145 Å². The van der Waals surface area contributed by atoms with Crippen molar-refractivity contribution >= 4 is 23.5 Å². The van der Waals surface area contributed by atoms with Crippen LogP contribution < -0.4 is 10.7 Å². The van der Waals surface area contributed by atoms with Gasteiger partial charge in [-0.1, -0.05) is 30.3 Å². The number of rotatable bonds is 6. The Balaban J connectivity index is 2.02. The second-order valence-electron chi connectivity index (χ2n) is 5.68. The zero-order valence-electron chi connectivity index (χ0n) is 14.3. The fraction of sp³-hybridized carbons (Fsp3) is 0.222. The molecule has 7 heteroatoms. The van der Waals surface area contributed by atoms with Gasteiger partial charge in [-0.2, -0.15) is 5.10 Å². The van der Waals surface area contributed by atoms with Crippen molar-refractivity contribution in [1.82, 2.24) is 5.43 Å². The van der Waals surface area contributed by atoms with Gasteiger partial charge in [-0.05, 0) is 38.0 Å². The van der Waals surface area contributed by atoms with Gasteiger partial charge in [0.1, 0.15) is 6.04 Å². The molecule has 2 rings (SSSR count). The summed E-state index contributed by atoms with van der Waals surface area (Å²) >= 11 is 0. The highest BCUT2D eigenvalue weighted by Gasteiger charge is 2.14. The molecule has 0 aliphatic rings. The molecule has 0 heterocycles. The second-order valence-corrected chi connectivity index (χ2v) is 5.68. The quantitative estimate of drug-likeness (QED) is 0.479. The number of nitrogens with zero attached hydrogens (tertiary/aromatic N) is 2. The number of nitro groups is 1. The van der Waals surface area contributed by atoms with Gasteiger partial charge in [0.25, 0.3) is 11.6 Å². The largest absolute Gasteiger partial charge is 0.373 e. The van der Waals surface area contributed by atoms with Crippen LogP contribution in [0.4, 0.5) is 11.4 Å². The molecule has 0 aromatic heterocycles. The third-order valence-corrected chi connectivity index (χ3v) is 3.75.